The van der Waals surface area contributed by atoms with Crippen LogP contribution in [0, 0.1) is 0 Å². The van der Waals surface area contributed by atoms with Crippen molar-refractivity contribution in [3.05, 3.63) is 0 Å². The quantitative estimate of drug-likeness (QED) is 0.641. The van der Waals surface area contributed by atoms with Crippen molar-refractivity contribution >= 4 is 5.97 Å². The maximum Gasteiger partial charge on any atom is 0.348 e. The summed E-state index contributed by atoms with van der Waals surface area (Å²) in [7, 11) is 0. The van der Waals surface area contributed by atoms with E-state index >= 15 is 0 Å². The second-order valence-electron chi connectivity index (χ2n) is 3.40. The van der Waals surface area contributed by atoms with E-state index in [1.807, 2.05) is 13.8 Å². The first-order chi connectivity index (χ1) is 5.57. The third kappa shape index (κ3) is 1.95. The third-order valence-corrected chi connectivity index (χ3v) is 2.42. The molecule has 1 aliphatic rings. The van der Waals surface area contributed by atoms with E-state index in [2.05, 4.69) is 5.32 Å². The molecule has 2 atom stereocenters. The standard InChI is InChI=1S/C8H15NO3/c1-3-8(2)4-5-12-6(9-8)7(10)11/h6,9H,3-5H2,1-2H3,(H,10,11). The summed E-state index contributed by atoms with van der Waals surface area (Å²) in [5, 5.41) is 11.6. The zero-order valence-electron chi connectivity index (χ0n) is 7.46. The maximum absolute atomic E-state index is 10.6. The number of carboxylic acid groups (broad SMARTS) is 1. The van der Waals surface area contributed by atoms with Crippen LogP contribution < -0.4 is 5.32 Å². The molecule has 0 aromatic rings. The van der Waals surface area contributed by atoms with E-state index < -0.39 is 12.2 Å². The second-order valence-corrected chi connectivity index (χ2v) is 3.40. The summed E-state index contributed by atoms with van der Waals surface area (Å²) in [5.74, 6) is -0.936. The number of carbonyl (C=O) groups is 1. The van der Waals surface area contributed by atoms with E-state index in [0.29, 0.717) is 6.61 Å². The lowest BCUT2D eigenvalue weighted by Gasteiger charge is -2.37. The SMILES string of the molecule is CCC1(C)CCOC(C(=O)O)N1. The molecule has 0 aromatic carbocycles. The van der Waals surface area contributed by atoms with Gasteiger partial charge in [0, 0.05) is 5.54 Å². The van der Waals surface area contributed by atoms with Gasteiger partial charge in [-0.15, -0.1) is 0 Å². The molecule has 1 heterocycles. The van der Waals surface area contributed by atoms with Crippen molar-refractivity contribution in [1.29, 1.82) is 0 Å². The Balaban J connectivity index is 2.57. The number of hydrogen-bond acceptors (Lipinski definition) is 3. The molecule has 1 rings (SSSR count). The molecule has 4 nitrogen and oxygen atoms in total. The van der Waals surface area contributed by atoms with E-state index in [9.17, 15) is 4.79 Å². The zero-order chi connectivity index (χ0) is 9.19. The Morgan fingerprint density at radius 1 is 1.83 bits per heavy atom. The van der Waals surface area contributed by atoms with Gasteiger partial charge in [-0.05, 0) is 19.8 Å². The number of nitrogens with one attached hydrogen (secondary N) is 1. The zero-order valence-corrected chi connectivity index (χ0v) is 7.46. The Hall–Kier alpha value is -0.610. The van der Waals surface area contributed by atoms with Crippen molar-refractivity contribution in [3.8, 4) is 0 Å². The molecule has 0 spiro atoms. The fraction of sp³-hybridized carbons (Fsp3) is 0.875. The minimum Gasteiger partial charge on any atom is -0.478 e. The monoisotopic (exact) mass is 173 g/mol. The van der Waals surface area contributed by atoms with E-state index in [1.165, 1.54) is 0 Å². The molecule has 0 bridgehead atoms. The van der Waals surface area contributed by atoms with Gasteiger partial charge in [-0.3, -0.25) is 5.32 Å². The molecular weight excluding hydrogens is 158 g/mol. The van der Waals surface area contributed by atoms with Gasteiger partial charge in [-0.25, -0.2) is 4.79 Å². The molecule has 0 saturated carbocycles. The van der Waals surface area contributed by atoms with Crippen LogP contribution in [0.1, 0.15) is 26.7 Å². The first-order valence-corrected chi connectivity index (χ1v) is 4.19. The maximum atomic E-state index is 10.6. The van der Waals surface area contributed by atoms with E-state index in [0.717, 1.165) is 12.8 Å². The topological polar surface area (TPSA) is 58.6 Å². The van der Waals surface area contributed by atoms with Crippen molar-refractivity contribution in [2.24, 2.45) is 0 Å². The highest BCUT2D eigenvalue weighted by molar-refractivity contribution is 5.72. The molecule has 0 aromatic heterocycles. The van der Waals surface area contributed by atoms with E-state index in [1.54, 1.807) is 0 Å². The Kier molecular flexibility index (Phi) is 2.69. The highest BCUT2D eigenvalue weighted by Gasteiger charge is 2.33. The lowest BCUT2D eigenvalue weighted by Crippen LogP contribution is -2.56. The lowest BCUT2D eigenvalue weighted by atomic mass is 9.93. The van der Waals surface area contributed by atoms with Gasteiger partial charge in [0.2, 0.25) is 6.23 Å². The number of ether oxygens (including phenoxy) is 1. The molecule has 12 heavy (non-hydrogen) atoms. The summed E-state index contributed by atoms with van der Waals surface area (Å²) < 4.78 is 5.03. The van der Waals surface area contributed by atoms with Crippen LogP contribution in [0.2, 0.25) is 0 Å². The van der Waals surface area contributed by atoms with Crippen LogP contribution in [0.4, 0.5) is 0 Å². The predicted octanol–water partition coefficient (Wildman–Crippen LogP) is 0.576. The summed E-state index contributed by atoms with van der Waals surface area (Å²) in [6, 6.07) is 0. The van der Waals surface area contributed by atoms with Gasteiger partial charge in [-0.2, -0.15) is 0 Å². The van der Waals surface area contributed by atoms with Crippen LogP contribution in [0.15, 0.2) is 0 Å². The van der Waals surface area contributed by atoms with Crippen LogP contribution in [-0.2, 0) is 9.53 Å². The van der Waals surface area contributed by atoms with Crippen LogP contribution in [0.5, 0.6) is 0 Å². The van der Waals surface area contributed by atoms with Crippen molar-refractivity contribution in [1.82, 2.24) is 5.32 Å². The van der Waals surface area contributed by atoms with Crippen LogP contribution >= 0.6 is 0 Å². The fourth-order valence-electron chi connectivity index (χ4n) is 1.24. The molecule has 1 fully saturated rings. The number of carboxylic acids is 1. The molecule has 70 valence electrons. The summed E-state index contributed by atoms with van der Waals surface area (Å²) in [6.45, 7) is 4.58. The fourth-order valence-corrected chi connectivity index (χ4v) is 1.24. The average Bonchev–Trinajstić information content (AvgIpc) is 2.05. The van der Waals surface area contributed by atoms with Crippen LogP contribution in [0.3, 0.4) is 0 Å². The van der Waals surface area contributed by atoms with Crippen molar-refractivity contribution in [2.45, 2.75) is 38.5 Å². The third-order valence-electron chi connectivity index (χ3n) is 2.42. The van der Waals surface area contributed by atoms with Gasteiger partial charge >= 0.3 is 5.97 Å². The first kappa shape index (κ1) is 9.48. The molecule has 1 aliphatic heterocycles. The van der Waals surface area contributed by atoms with Gasteiger partial charge in [0.05, 0.1) is 6.61 Å². The molecule has 0 amide bonds. The summed E-state index contributed by atoms with van der Waals surface area (Å²) in [6.07, 6.45) is 0.955. The lowest BCUT2D eigenvalue weighted by molar-refractivity contribution is -0.159. The van der Waals surface area contributed by atoms with Gasteiger partial charge in [0.25, 0.3) is 0 Å². The largest absolute Gasteiger partial charge is 0.478 e. The highest BCUT2D eigenvalue weighted by Crippen LogP contribution is 2.19. The molecule has 0 aliphatic carbocycles. The van der Waals surface area contributed by atoms with E-state index in [-0.39, 0.29) is 5.54 Å². The minimum absolute atomic E-state index is 0.0820. The second kappa shape index (κ2) is 3.41. The van der Waals surface area contributed by atoms with E-state index in [4.69, 9.17) is 9.84 Å². The van der Waals surface area contributed by atoms with Crippen molar-refractivity contribution in [3.63, 3.8) is 0 Å². The Morgan fingerprint density at radius 2 is 2.50 bits per heavy atom. The Labute approximate surface area is 71.9 Å². The summed E-state index contributed by atoms with van der Waals surface area (Å²) in [4.78, 5) is 10.6. The van der Waals surface area contributed by atoms with Gasteiger partial charge in [0.1, 0.15) is 0 Å². The first-order valence-electron chi connectivity index (χ1n) is 4.19. The van der Waals surface area contributed by atoms with Crippen molar-refractivity contribution in [2.75, 3.05) is 6.61 Å². The number of aliphatic carboxylic acids is 1. The normalized spacial score (nSPS) is 36.3. The highest BCUT2D eigenvalue weighted by atomic mass is 16.5. The molecule has 2 unspecified atom stereocenters. The minimum atomic E-state index is -0.936. The number of rotatable bonds is 2. The van der Waals surface area contributed by atoms with Crippen molar-refractivity contribution < 1.29 is 14.6 Å². The average molecular weight is 173 g/mol. The smallest absolute Gasteiger partial charge is 0.348 e. The molecule has 4 heteroatoms. The van der Waals surface area contributed by atoms with Gasteiger partial charge in [-0.1, -0.05) is 6.92 Å². The molecule has 1 saturated heterocycles. The summed E-state index contributed by atoms with van der Waals surface area (Å²) in [5.41, 5.74) is -0.0820. The van der Waals surface area contributed by atoms with Crippen LogP contribution in [-0.4, -0.2) is 29.4 Å². The Morgan fingerprint density at radius 3 is 3.00 bits per heavy atom. The molecular formula is C8H15NO3. The van der Waals surface area contributed by atoms with Gasteiger partial charge in [0.15, 0.2) is 0 Å². The molecule has 2 N–H and O–H groups in total. The van der Waals surface area contributed by atoms with Crippen LogP contribution in [0.25, 0.3) is 0 Å². The number of hydrogen-bond donors (Lipinski definition) is 2. The summed E-state index contributed by atoms with van der Waals surface area (Å²) >= 11 is 0. The molecule has 0 radical (unpaired) electrons. The Bertz CT molecular complexity index is 183. The predicted molar refractivity (Wildman–Crippen MR) is 43.8 cm³/mol. The van der Waals surface area contributed by atoms with Gasteiger partial charge < -0.3 is 9.84 Å².